The molecule has 0 bridgehead atoms. The van der Waals surface area contributed by atoms with Crippen molar-refractivity contribution in [1.82, 2.24) is 0 Å². The van der Waals surface area contributed by atoms with E-state index in [-0.39, 0.29) is 0 Å². The van der Waals surface area contributed by atoms with E-state index in [4.69, 9.17) is 7.85 Å². The molecule has 0 heterocycles. The lowest BCUT2D eigenvalue weighted by molar-refractivity contribution is 0.933. The maximum atomic E-state index is 5.46. The van der Waals surface area contributed by atoms with Crippen molar-refractivity contribution < 1.29 is 0 Å². The fourth-order valence-electron chi connectivity index (χ4n) is 0.720. The molecule has 0 N–H and O–H groups in total. The Kier molecular flexibility index (Phi) is 5.80. The van der Waals surface area contributed by atoms with Gasteiger partial charge in [-0.2, -0.15) is 0 Å². The summed E-state index contributed by atoms with van der Waals surface area (Å²) in [6, 6.07) is 0. The summed E-state index contributed by atoms with van der Waals surface area (Å²) < 4.78 is 0. The van der Waals surface area contributed by atoms with E-state index in [2.05, 4.69) is 19.9 Å². The van der Waals surface area contributed by atoms with E-state index < -0.39 is 0 Å². The van der Waals surface area contributed by atoms with Crippen LogP contribution < -0.4 is 0 Å². The SMILES string of the molecule is [B]C/C(=C/CCC)CC. The van der Waals surface area contributed by atoms with E-state index in [1.165, 1.54) is 18.4 Å². The summed E-state index contributed by atoms with van der Waals surface area (Å²) in [6.07, 6.45) is 6.50. The Morgan fingerprint density at radius 2 is 2.11 bits per heavy atom. The van der Waals surface area contributed by atoms with Gasteiger partial charge in [0, 0.05) is 0 Å². The fraction of sp³-hybridized carbons (Fsp3) is 0.750. The van der Waals surface area contributed by atoms with E-state index in [1.807, 2.05) is 0 Å². The van der Waals surface area contributed by atoms with Crippen molar-refractivity contribution in [1.29, 1.82) is 0 Å². The first-order valence-electron chi connectivity index (χ1n) is 3.73. The van der Waals surface area contributed by atoms with Gasteiger partial charge in [0.1, 0.15) is 0 Å². The van der Waals surface area contributed by atoms with Crippen LogP contribution in [0.3, 0.4) is 0 Å². The third-order valence-electron chi connectivity index (χ3n) is 1.44. The second kappa shape index (κ2) is 5.93. The van der Waals surface area contributed by atoms with Crippen LogP contribution in [0.25, 0.3) is 0 Å². The highest BCUT2D eigenvalue weighted by Crippen LogP contribution is 2.06. The molecular formula is C8H15B. The third-order valence-corrected chi connectivity index (χ3v) is 1.44. The summed E-state index contributed by atoms with van der Waals surface area (Å²) in [7, 11) is 5.46. The molecule has 1 heteroatoms. The van der Waals surface area contributed by atoms with Gasteiger partial charge in [0.05, 0.1) is 7.85 Å². The van der Waals surface area contributed by atoms with E-state index in [1.54, 1.807) is 0 Å². The van der Waals surface area contributed by atoms with Crippen LogP contribution in [0.4, 0.5) is 0 Å². The standard InChI is InChI=1S/C8H15B/c1-3-5-6-8(4-2)7-9/h6H,3-5,7H2,1-2H3/b8-6+. The van der Waals surface area contributed by atoms with E-state index >= 15 is 0 Å². The zero-order valence-corrected chi connectivity index (χ0v) is 6.48. The summed E-state index contributed by atoms with van der Waals surface area (Å²) in [5.41, 5.74) is 1.39. The second-order valence-electron chi connectivity index (χ2n) is 2.21. The van der Waals surface area contributed by atoms with Gasteiger partial charge < -0.3 is 0 Å². The third kappa shape index (κ3) is 4.32. The lowest BCUT2D eigenvalue weighted by Crippen LogP contribution is -1.78. The number of unbranched alkanes of at least 4 members (excludes halogenated alkanes) is 1. The van der Waals surface area contributed by atoms with Gasteiger partial charge in [0.25, 0.3) is 0 Å². The van der Waals surface area contributed by atoms with Gasteiger partial charge in [0.15, 0.2) is 0 Å². The van der Waals surface area contributed by atoms with Crippen molar-refractivity contribution >= 4 is 7.85 Å². The van der Waals surface area contributed by atoms with Gasteiger partial charge in [0.2, 0.25) is 0 Å². The molecule has 0 fully saturated rings. The van der Waals surface area contributed by atoms with Crippen LogP contribution in [0.2, 0.25) is 6.32 Å². The molecule has 0 aliphatic carbocycles. The van der Waals surface area contributed by atoms with E-state index in [9.17, 15) is 0 Å². The first-order valence-corrected chi connectivity index (χ1v) is 3.73. The summed E-state index contributed by atoms with van der Waals surface area (Å²) in [6.45, 7) is 4.33. The quantitative estimate of drug-likeness (QED) is 0.397. The highest BCUT2D eigenvalue weighted by atomic mass is 13.9. The van der Waals surface area contributed by atoms with Gasteiger partial charge in [-0.1, -0.05) is 38.2 Å². The largest absolute Gasteiger partial charge is 0.0861 e. The Labute approximate surface area is 59.8 Å². The van der Waals surface area contributed by atoms with Crippen LogP contribution in [-0.4, -0.2) is 7.85 Å². The van der Waals surface area contributed by atoms with Crippen LogP contribution in [0.1, 0.15) is 33.1 Å². The molecule has 0 rings (SSSR count). The smallest absolute Gasteiger partial charge is 0.0712 e. The molecule has 0 aromatic rings. The van der Waals surface area contributed by atoms with Gasteiger partial charge in [-0.25, -0.2) is 0 Å². The Hall–Kier alpha value is -0.195. The van der Waals surface area contributed by atoms with E-state index in [0.717, 1.165) is 12.7 Å². The molecule has 0 saturated heterocycles. The van der Waals surface area contributed by atoms with Gasteiger partial charge in [-0.15, -0.1) is 0 Å². The fourth-order valence-corrected chi connectivity index (χ4v) is 0.720. The maximum absolute atomic E-state index is 5.46. The molecular weight excluding hydrogens is 107 g/mol. The van der Waals surface area contributed by atoms with Gasteiger partial charge >= 0.3 is 0 Å². The number of hydrogen-bond donors (Lipinski definition) is 0. The molecule has 0 atom stereocenters. The Balaban J connectivity index is 3.48. The minimum absolute atomic E-state index is 0.733. The van der Waals surface area contributed by atoms with Crippen molar-refractivity contribution in [2.75, 3.05) is 0 Å². The number of rotatable bonds is 4. The zero-order valence-electron chi connectivity index (χ0n) is 6.48. The Bertz CT molecular complexity index is 78.6. The molecule has 0 amide bonds. The highest BCUT2D eigenvalue weighted by Gasteiger charge is 1.86. The summed E-state index contributed by atoms with van der Waals surface area (Å²) in [4.78, 5) is 0. The molecule has 0 aliphatic rings. The zero-order chi connectivity index (χ0) is 7.11. The highest BCUT2D eigenvalue weighted by molar-refractivity contribution is 6.10. The molecule has 0 nitrogen and oxygen atoms in total. The molecule has 9 heavy (non-hydrogen) atoms. The predicted octanol–water partition coefficient (Wildman–Crippen LogP) is 2.71. The molecule has 0 unspecified atom stereocenters. The average molecular weight is 122 g/mol. The summed E-state index contributed by atoms with van der Waals surface area (Å²) >= 11 is 0. The van der Waals surface area contributed by atoms with Crippen LogP contribution in [0, 0.1) is 0 Å². The molecule has 50 valence electrons. The van der Waals surface area contributed by atoms with Crippen molar-refractivity contribution in [3.8, 4) is 0 Å². The lowest BCUT2D eigenvalue weighted by Gasteiger charge is -1.97. The van der Waals surface area contributed by atoms with Crippen LogP contribution in [-0.2, 0) is 0 Å². The number of hydrogen-bond acceptors (Lipinski definition) is 0. The predicted molar refractivity (Wildman–Crippen MR) is 43.8 cm³/mol. The van der Waals surface area contributed by atoms with Gasteiger partial charge in [-0.05, 0) is 12.8 Å². The first kappa shape index (κ1) is 8.80. The molecule has 2 radical (unpaired) electrons. The normalized spacial score (nSPS) is 12.0. The van der Waals surface area contributed by atoms with Crippen molar-refractivity contribution in [2.24, 2.45) is 0 Å². The summed E-state index contributed by atoms with van der Waals surface area (Å²) in [5, 5.41) is 0. The summed E-state index contributed by atoms with van der Waals surface area (Å²) in [5.74, 6) is 0. The minimum Gasteiger partial charge on any atom is -0.0861 e. The first-order chi connectivity index (χ1) is 4.35. The van der Waals surface area contributed by atoms with Crippen molar-refractivity contribution in [3.63, 3.8) is 0 Å². The molecule has 0 spiro atoms. The second-order valence-corrected chi connectivity index (χ2v) is 2.21. The Morgan fingerprint density at radius 3 is 2.44 bits per heavy atom. The lowest BCUT2D eigenvalue weighted by atomic mass is 9.94. The Morgan fingerprint density at radius 1 is 1.44 bits per heavy atom. The van der Waals surface area contributed by atoms with Crippen molar-refractivity contribution in [2.45, 2.75) is 39.4 Å². The molecule has 0 aliphatic heterocycles. The average Bonchev–Trinajstić information content (AvgIpc) is 1.91. The topological polar surface area (TPSA) is 0 Å². The van der Waals surface area contributed by atoms with Crippen LogP contribution in [0.15, 0.2) is 11.6 Å². The maximum Gasteiger partial charge on any atom is 0.0712 e. The molecule has 0 aromatic heterocycles. The monoisotopic (exact) mass is 122 g/mol. The van der Waals surface area contributed by atoms with Crippen molar-refractivity contribution in [3.05, 3.63) is 11.6 Å². The van der Waals surface area contributed by atoms with Gasteiger partial charge in [-0.3, -0.25) is 0 Å². The van der Waals surface area contributed by atoms with Crippen LogP contribution in [0.5, 0.6) is 0 Å². The number of allylic oxidation sites excluding steroid dienone is 2. The minimum atomic E-state index is 0.733. The van der Waals surface area contributed by atoms with Crippen LogP contribution >= 0.6 is 0 Å². The molecule has 0 saturated carbocycles. The molecule has 0 aromatic carbocycles. The van der Waals surface area contributed by atoms with E-state index in [0.29, 0.717) is 0 Å².